The van der Waals surface area contributed by atoms with Crippen LogP contribution in [0.5, 0.6) is 11.5 Å². The average Bonchev–Trinajstić information content (AvgIpc) is 2.83. The molecule has 6 nitrogen and oxygen atoms in total. The summed E-state index contributed by atoms with van der Waals surface area (Å²) in [5.41, 5.74) is 3.71. The Balaban J connectivity index is 1.76. The number of hydrogen-bond donors (Lipinski definition) is 0. The van der Waals surface area contributed by atoms with Crippen LogP contribution in [0, 0.1) is 0 Å². The maximum Gasteiger partial charge on any atom is 0.261 e. The maximum atomic E-state index is 13.4. The lowest BCUT2D eigenvalue weighted by molar-refractivity contribution is 0.354. The number of aryl methyl sites for hydroxylation is 1. The Morgan fingerprint density at radius 1 is 0.906 bits per heavy atom. The number of ether oxygens (including phenoxy) is 2. The second-order valence-corrected chi connectivity index (χ2v) is 7.79. The van der Waals surface area contributed by atoms with E-state index in [-0.39, 0.29) is 5.56 Å². The van der Waals surface area contributed by atoms with Crippen molar-refractivity contribution in [2.45, 2.75) is 13.0 Å². The smallest absolute Gasteiger partial charge is 0.261 e. The summed E-state index contributed by atoms with van der Waals surface area (Å²) in [6.45, 7) is 0.497. The van der Waals surface area contributed by atoms with Crippen LogP contribution < -0.4 is 19.9 Å². The van der Waals surface area contributed by atoms with Gasteiger partial charge in [0.05, 0.1) is 25.1 Å². The molecule has 1 heterocycles. The standard InChI is InChI=1S/C26H27N3O3/c1-28(2)20-12-10-19(11-13-20)25-27-22-8-6-5-7-21(22)26(30)29(25)16-15-18-9-14-23(31-3)24(17-18)32-4/h5-14,17H,15-16H2,1-4H3. The minimum atomic E-state index is -0.0391. The number of rotatable bonds is 7. The molecule has 0 bridgehead atoms. The fourth-order valence-electron chi connectivity index (χ4n) is 3.78. The highest BCUT2D eigenvalue weighted by atomic mass is 16.5. The highest BCUT2D eigenvalue weighted by Crippen LogP contribution is 2.28. The van der Waals surface area contributed by atoms with Crippen molar-refractivity contribution in [1.29, 1.82) is 0 Å². The van der Waals surface area contributed by atoms with Crippen molar-refractivity contribution < 1.29 is 9.47 Å². The van der Waals surface area contributed by atoms with Gasteiger partial charge in [-0.3, -0.25) is 9.36 Å². The average molecular weight is 430 g/mol. The van der Waals surface area contributed by atoms with E-state index in [0.29, 0.717) is 41.2 Å². The minimum absolute atomic E-state index is 0.0391. The summed E-state index contributed by atoms with van der Waals surface area (Å²) in [4.78, 5) is 20.3. The zero-order valence-electron chi connectivity index (χ0n) is 18.8. The lowest BCUT2D eigenvalue weighted by Gasteiger charge is -2.16. The van der Waals surface area contributed by atoms with Crippen molar-refractivity contribution >= 4 is 16.6 Å². The number of anilines is 1. The number of nitrogens with zero attached hydrogens (tertiary/aromatic N) is 3. The second-order valence-electron chi connectivity index (χ2n) is 7.79. The van der Waals surface area contributed by atoms with Gasteiger partial charge in [-0.2, -0.15) is 0 Å². The molecule has 0 unspecified atom stereocenters. The summed E-state index contributed by atoms with van der Waals surface area (Å²) in [6, 6.07) is 21.4. The number of aromatic nitrogens is 2. The van der Waals surface area contributed by atoms with E-state index >= 15 is 0 Å². The van der Waals surface area contributed by atoms with Gasteiger partial charge >= 0.3 is 0 Å². The zero-order valence-corrected chi connectivity index (χ0v) is 18.8. The van der Waals surface area contributed by atoms with Crippen LogP contribution in [-0.4, -0.2) is 37.9 Å². The molecule has 164 valence electrons. The van der Waals surface area contributed by atoms with Crippen LogP contribution in [0.4, 0.5) is 5.69 Å². The molecular formula is C26H27N3O3. The van der Waals surface area contributed by atoms with Crippen molar-refractivity contribution in [2.24, 2.45) is 0 Å². The number of methoxy groups -OCH3 is 2. The first kappa shape index (κ1) is 21.4. The van der Waals surface area contributed by atoms with Crippen molar-refractivity contribution in [3.05, 3.63) is 82.6 Å². The van der Waals surface area contributed by atoms with Crippen LogP contribution in [0.2, 0.25) is 0 Å². The van der Waals surface area contributed by atoms with Gasteiger partial charge in [-0.15, -0.1) is 0 Å². The van der Waals surface area contributed by atoms with Crippen LogP contribution in [-0.2, 0) is 13.0 Å². The molecule has 0 amide bonds. The van der Waals surface area contributed by atoms with Gasteiger partial charge in [0.1, 0.15) is 5.82 Å². The fourth-order valence-corrected chi connectivity index (χ4v) is 3.78. The Morgan fingerprint density at radius 3 is 2.31 bits per heavy atom. The van der Waals surface area contributed by atoms with E-state index < -0.39 is 0 Å². The molecule has 0 spiro atoms. The van der Waals surface area contributed by atoms with Crippen molar-refractivity contribution in [3.63, 3.8) is 0 Å². The van der Waals surface area contributed by atoms with Crippen LogP contribution in [0.1, 0.15) is 5.56 Å². The topological polar surface area (TPSA) is 56.6 Å². The molecule has 0 fully saturated rings. The van der Waals surface area contributed by atoms with E-state index in [0.717, 1.165) is 16.8 Å². The Hall–Kier alpha value is -3.80. The molecule has 0 aliphatic rings. The van der Waals surface area contributed by atoms with Crippen LogP contribution in [0.3, 0.4) is 0 Å². The molecule has 0 saturated carbocycles. The highest BCUT2D eigenvalue weighted by molar-refractivity contribution is 5.79. The molecule has 1 aromatic heterocycles. The number of para-hydroxylation sites is 1. The Morgan fingerprint density at radius 2 is 1.62 bits per heavy atom. The molecular weight excluding hydrogens is 402 g/mol. The summed E-state index contributed by atoms with van der Waals surface area (Å²) in [5.74, 6) is 2.02. The molecule has 0 radical (unpaired) electrons. The first-order valence-electron chi connectivity index (χ1n) is 10.5. The quantitative estimate of drug-likeness (QED) is 0.436. The third kappa shape index (κ3) is 4.17. The summed E-state index contributed by atoms with van der Waals surface area (Å²) in [6.07, 6.45) is 0.656. The van der Waals surface area contributed by atoms with Crippen molar-refractivity contribution in [3.8, 4) is 22.9 Å². The lowest BCUT2D eigenvalue weighted by Crippen LogP contribution is -2.24. The third-order valence-electron chi connectivity index (χ3n) is 5.58. The molecule has 6 heteroatoms. The molecule has 3 aromatic carbocycles. The van der Waals surface area contributed by atoms with E-state index in [2.05, 4.69) is 0 Å². The van der Waals surface area contributed by atoms with Gasteiger partial charge in [-0.1, -0.05) is 18.2 Å². The van der Waals surface area contributed by atoms with Gasteiger partial charge in [0.2, 0.25) is 0 Å². The molecule has 4 aromatic rings. The summed E-state index contributed by atoms with van der Waals surface area (Å²) >= 11 is 0. The zero-order chi connectivity index (χ0) is 22.7. The van der Waals surface area contributed by atoms with E-state index in [9.17, 15) is 4.79 Å². The predicted octanol–water partition coefficient (Wildman–Crippen LogP) is 4.39. The summed E-state index contributed by atoms with van der Waals surface area (Å²) in [7, 11) is 7.24. The fraction of sp³-hybridized carbons (Fsp3) is 0.231. The van der Waals surface area contributed by atoms with Gasteiger partial charge in [-0.25, -0.2) is 4.98 Å². The minimum Gasteiger partial charge on any atom is -0.493 e. The summed E-state index contributed by atoms with van der Waals surface area (Å²) in [5, 5.41) is 0.619. The van der Waals surface area contributed by atoms with E-state index in [1.165, 1.54) is 0 Å². The number of hydrogen-bond acceptors (Lipinski definition) is 5. The van der Waals surface area contributed by atoms with Crippen LogP contribution in [0.25, 0.3) is 22.3 Å². The summed E-state index contributed by atoms with van der Waals surface area (Å²) < 4.78 is 12.5. The second kappa shape index (κ2) is 9.14. The van der Waals surface area contributed by atoms with Crippen LogP contribution in [0.15, 0.2) is 71.5 Å². The molecule has 0 saturated heterocycles. The van der Waals surface area contributed by atoms with Gasteiger partial charge in [0.15, 0.2) is 11.5 Å². The van der Waals surface area contributed by atoms with Gasteiger partial charge in [0.25, 0.3) is 5.56 Å². The van der Waals surface area contributed by atoms with Gasteiger partial charge < -0.3 is 14.4 Å². The lowest BCUT2D eigenvalue weighted by atomic mass is 10.1. The van der Waals surface area contributed by atoms with Gasteiger partial charge in [-0.05, 0) is 60.5 Å². The van der Waals surface area contributed by atoms with E-state index in [1.54, 1.807) is 18.8 Å². The Kier molecular flexibility index (Phi) is 6.12. The highest BCUT2D eigenvalue weighted by Gasteiger charge is 2.14. The Bertz CT molecular complexity index is 1290. The van der Waals surface area contributed by atoms with Crippen molar-refractivity contribution in [2.75, 3.05) is 33.2 Å². The van der Waals surface area contributed by atoms with Gasteiger partial charge in [0, 0.05) is 31.9 Å². The number of fused-ring (bicyclic) bond motifs is 1. The van der Waals surface area contributed by atoms with E-state index in [1.807, 2.05) is 85.7 Å². The Labute approximate surface area is 187 Å². The first-order valence-corrected chi connectivity index (χ1v) is 10.5. The predicted molar refractivity (Wildman–Crippen MR) is 129 cm³/mol. The molecule has 0 N–H and O–H groups in total. The first-order chi connectivity index (χ1) is 15.5. The monoisotopic (exact) mass is 429 g/mol. The largest absolute Gasteiger partial charge is 0.493 e. The molecule has 0 atom stereocenters. The SMILES string of the molecule is COc1ccc(CCn2c(-c3ccc(N(C)C)cc3)nc3ccccc3c2=O)cc1OC. The molecule has 32 heavy (non-hydrogen) atoms. The van der Waals surface area contributed by atoms with Crippen molar-refractivity contribution in [1.82, 2.24) is 9.55 Å². The molecule has 4 rings (SSSR count). The van der Waals surface area contributed by atoms with Crippen LogP contribution >= 0.6 is 0 Å². The normalized spacial score (nSPS) is 10.9. The molecule has 0 aliphatic carbocycles. The molecule has 0 aliphatic heterocycles. The van der Waals surface area contributed by atoms with E-state index in [4.69, 9.17) is 14.5 Å². The maximum absolute atomic E-state index is 13.4. The number of benzene rings is 3. The third-order valence-corrected chi connectivity index (χ3v) is 5.58.